The first-order chi connectivity index (χ1) is 6.99. The molecule has 6 nitrogen and oxygen atoms in total. The summed E-state index contributed by atoms with van der Waals surface area (Å²) in [6.07, 6.45) is 1.70. The summed E-state index contributed by atoms with van der Waals surface area (Å²) in [5.41, 5.74) is 10.4. The lowest BCUT2D eigenvalue weighted by Gasteiger charge is -2.08. The number of nitrogens with two attached hydrogens (primary N) is 2. The van der Waals surface area contributed by atoms with Crippen LogP contribution in [0.4, 0.5) is 5.13 Å². The smallest absolute Gasteiger partial charge is 0.239 e. The second-order valence-electron chi connectivity index (χ2n) is 3.03. The summed E-state index contributed by atoms with van der Waals surface area (Å²) < 4.78 is 0. The number of nitrogen functional groups attached to an aromatic ring is 1. The predicted octanol–water partition coefficient (Wildman–Crippen LogP) is -0.742. The Morgan fingerprint density at radius 1 is 1.67 bits per heavy atom. The molecule has 7 heteroatoms. The van der Waals surface area contributed by atoms with Crippen molar-refractivity contribution in [2.45, 2.75) is 19.4 Å². The second kappa shape index (κ2) is 4.74. The molecule has 0 bridgehead atoms. The number of hydrogen-bond acceptors (Lipinski definition) is 5. The van der Waals surface area contributed by atoms with Gasteiger partial charge < -0.3 is 16.8 Å². The number of primary amides is 1. The minimum atomic E-state index is -0.664. The third-order valence-corrected chi connectivity index (χ3v) is 2.54. The molecule has 1 aromatic rings. The molecule has 0 aliphatic rings. The fraction of sp³-hybridized carbons (Fsp3) is 0.375. The Morgan fingerprint density at radius 3 is 2.80 bits per heavy atom. The van der Waals surface area contributed by atoms with Gasteiger partial charge in [0.15, 0.2) is 5.13 Å². The highest BCUT2D eigenvalue weighted by molar-refractivity contribution is 7.15. The monoisotopic (exact) mass is 228 g/mol. The summed E-state index contributed by atoms with van der Waals surface area (Å²) in [7, 11) is 0. The maximum absolute atomic E-state index is 11.4. The molecule has 1 aromatic heterocycles. The quantitative estimate of drug-likeness (QED) is 0.630. The van der Waals surface area contributed by atoms with E-state index in [1.165, 1.54) is 24.5 Å². The Kier molecular flexibility index (Phi) is 3.62. The first kappa shape index (κ1) is 11.4. The van der Waals surface area contributed by atoms with Crippen molar-refractivity contribution in [3.63, 3.8) is 0 Å². The van der Waals surface area contributed by atoms with Crippen molar-refractivity contribution in [3.8, 4) is 0 Å². The molecule has 0 aliphatic carbocycles. The van der Waals surface area contributed by atoms with Crippen molar-refractivity contribution < 1.29 is 9.59 Å². The lowest BCUT2D eigenvalue weighted by Crippen LogP contribution is -2.42. The Bertz CT molecular complexity index is 376. The molecule has 82 valence electrons. The van der Waals surface area contributed by atoms with E-state index in [2.05, 4.69) is 10.3 Å². The normalized spacial score (nSPS) is 12.1. The summed E-state index contributed by atoms with van der Waals surface area (Å²) in [5, 5.41) is 2.88. The van der Waals surface area contributed by atoms with Gasteiger partial charge in [-0.1, -0.05) is 0 Å². The summed E-state index contributed by atoms with van der Waals surface area (Å²) in [6.45, 7) is 1.53. The van der Waals surface area contributed by atoms with E-state index in [0.29, 0.717) is 5.13 Å². The van der Waals surface area contributed by atoms with Crippen LogP contribution in [-0.4, -0.2) is 22.8 Å². The van der Waals surface area contributed by atoms with Crippen LogP contribution in [0.5, 0.6) is 0 Å². The van der Waals surface area contributed by atoms with Crippen molar-refractivity contribution in [2.75, 3.05) is 5.73 Å². The van der Waals surface area contributed by atoms with Crippen molar-refractivity contribution >= 4 is 28.3 Å². The number of nitrogens with one attached hydrogen (secondary N) is 1. The van der Waals surface area contributed by atoms with Gasteiger partial charge in [-0.2, -0.15) is 0 Å². The molecule has 0 saturated carbocycles. The zero-order chi connectivity index (χ0) is 11.4. The van der Waals surface area contributed by atoms with Crippen molar-refractivity contribution in [2.24, 2.45) is 5.73 Å². The molecule has 1 heterocycles. The molecule has 1 rings (SSSR count). The van der Waals surface area contributed by atoms with Crippen LogP contribution < -0.4 is 16.8 Å². The van der Waals surface area contributed by atoms with Gasteiger partial charge in [0.2, 0.25) is 11.8 Å². The van der Waals surface area contributed by atoms with Gasteiger partial charge in [-0.25, -0.2) is 4.98 Å². The number of amides is 2. The van der Waals surface area contributed by atoms with Crippen LogP contribution in [0.3, 0.4) is 0 Å². The fourth-order valence-corrected chi connectivity index (χ4v) is 1.61. The molecule has 0 spiro atoms. The summed E-state index contributed by atoms with van der Waals surface area (Å²) >= 11 is 1.24. The Balaban J connectivity index is 2.46. The van der Waals surface area contributed by atoms with E-state index in [1.54, 1.807) is 0 Å². The Labute approximate surface area is 90.7 Å². The lowest BCUT2D eigenvalue weighted by atomic mass is 10.3. The highest BCUT2D eigenvalue weighted by Crippen LogP contribution is 2.14. The highest BCUT2D eigenvalue weighted by atomic mass is 32.1. The van der Waals surface area contributed by atoms with Gasteiger partial charge >= 0.3 is 0 Å². The van der Waals surface area contributed by atoms with E-state index in [4.69, 9.17) is 11.5 Å². The van der Waals surface area contributed by atoms with E-state index in [1.807, 2.05) is 0 Å². The molecule has 0 aromatic carbocycles. The van der Waals surface area contributed by atoms with Gasteiger partial charge in [-0.15, -0.1) is 11.3 Å². The predicted molar refractivity (Wildman–Crippen MR) is 57.0 cm³/mol. The molecule has 1 atom stereocenters. The summed E-state index contributed by atoms with van der Waals surface area (Å²) in [6, 6.07) is -0.664. The number of carbonyl (C=O) groups excluding carboxylic acids is 2. The van der Waals surface area contributed by atoms with Gasteiger partial charge in [0.05, 0.1) is 6.42 Å². The standard InChI is InChI=1S/C8H12N4O2S/c1-4(7(9)14)12-6(13)2-5-3-11-8(10)15-5/h3-4H,2H2,1H3,(H2,9,14)(H2,10,11)(H,12,13)/t4-/m0/s1. The SMILES string of the molecule is C[C@H](NC(=O)Cc1cnc(N)s1)C(N)=O. The minimum absolute atomic E-state index is 0.159. The van der Waals surface area contributed by atoms with E-state index in [-0.39, 0.29) is 12.3 Å². The van der Waals surface area contributed by atoms with Gasteiger partial charge in [0.1, 0.15) is 6.04 Å². The first-order valence-corrected chi connectivity index (χ1v) is 5.09. The number of carbonyl (C=O) groups is 2. The van der Waals surface area contributed by atoms with E-state index in [0.717, 1.165) is 4.88 Å². The largest absolute Gasteiger partial charge is 0.375 e. The average Bonchev–Trinajstić information content (AvgIpc) is 2.50. The number of hydrogen-bond donors (Lipinski definition) is 3. The van der Waals surface area contributed by atoms with Crippen LogP contribution in [0, 0.1) is 0 Å². The molecule has 0 radical (unpaired) electrons. The fourth-order valence-electron chi connectivity index (χ4n) is 0.926. The number of anilines is 1. The maximum atomic E-state index is 11.4. The number of rotatable bonds is 4. The molecular formula is C8H12N4O2S. The third-order valence-electron chi connectivity index (χ3n) is 1.71. The topological polar surface area (TPSA) is 111 Å². The van der Waals surface area contributed by atoms with E-state index < -0.39 is 11.9 Å². The molecule has 0 aliphatic heterocycles. The van der Waals surface area contributed by atoms with Gasteiger partial charge in [-0.3, -0.25) is 9.59 Å². The average molecular weight is 228 g/mol. The van der Waals surface area contributed by atoms with Crippen LogP contribution >= 0.6 is 11.3 Å². The van der Waals surface area contributed by atoms with Gasteiger partial charge in [0.25, 0.3) is 0 Å². The van der Waals surface area contributed by atoms with E-state index >= 15 is 0 Å². The van der Waals surface area contributed by atoms with Crippen molar-refractivity contribution in [1.29, 1.82) is 0 Å². The van der Waals surface area contributed by atoms with Crippen LogP contribution in [0.2, 0.25) is 0 Å². The molecule has 0 unspecified atom stereocenters. The van der Waals surface area contributed by atoms with Crippen LogP contribution in [0.25, 0.3) is 0 Å². The molecule has 5 N–H and O–H groups in total. The highest BCUT2D eigenvalue weighted by Gasteiger charge is 2.13. The summed E-state index contributed by atoms with van der Waals surface area (Å²) in [5.74, 6) is -0.836. The number of thiazole rings is 1. The van der Waals surface area contributed by atoms with Crippen LogP contribution in [0.15, 0.2) is 6.20 Å². The zero-order valence-corrected chi connectivity index (χ0v) is 9.00. The molecule has 15 heavy (non-hydrogen) atoms. The Morgan fingerprint density at radius 2 is 2.33 bits per heavy atom. The molecule has 0 saturated heterocycles. The van der Waals surface area contributed by atoms with Crippen molar-refractivity contribution in [3.05, 3.63) is 11.1 Å². The molecule has 0 fully saturated rings. The zero-order valence-electron chi connectivity index (χ0n) is 8.19. The first-order valence-electron chi connectivity index (χ1n) is 4.28. The molecule has 2 amide bonds. The van der Waals surface area contributed by atoms with Gasteiger partial charge in [0, 0.05) is 11.1 Å². The second-order valence-corrected chi connectivity index (χ2v) is 4.18. The van der Waals surface area contributed by atoms with Crippen LogP contribution in [0.1, 0.15) is 11.8 Å². The van der Waals surface area contributed by atoms with Gasteiger partial charge in [-0.05, 0) is 6.92 Å². The summed E-state index contributed by atoms with van der Waals surface area (Å²) in [4.78, 5) is 26.6. The molecular weight excluding hydrogens is 216 g/mol. The van der Waals surface area contributed by atoms with Crippen LogP contribution in [-0.2, 0) is 16.0 Å². The van der Waals surface area contributed by atoms with E-state index in [9.17, 15) is 9.59 Å². The maximum Gasteiger partial charge on any atom is 0.239 e. The minimum Gasteiger partial charge on any atom is -0.375 e. The Hall–Kier alpha value is -1.63. The third kappa shape index (κ3) is 3.55. The van der Waals surface area contributed by atoms with Crippen molar-refractivity contribution in [1.82, 2.24) is 10.3 Å². The lowest BCUT2D eigenvalue weighted by molar-refractivity contribution is -0.126. The number of aromatic nitrogens is 1. The number of nitrogens with zero attached hydrogens (tertiary/aromatic N) is 1.